The van der Waals surface area contributed by atoms with Gasteiger partial charge < -0.3 is 15.4 Å². The molecule has 4 nitrogen and oxygen atoms in total. The summed E-state index contributed by atoms with van der Waals surface area (Å²) in [6, 6.07) is 3.76. The van der Waals surface area contributed by atoms with Crippen LogP contribution in [0.3, 0.4) is 0 Å². The Bertz CT molecular complexity index is 424. The van der Waals surface area contributed by atoms with Crippen molar-refractivity contribution >= 4 is 28.8 Å². The zero-order valence-corrected chi connectivity index (χ0v) is 12.0. The Hall–Kier alpha value is -0.620. The van der Waals surface area contributed by atoms with Crippen LogP contribution in [0, 0.1) is 0 Å². The first kappa shape index (κ1) is 13.8. The van der Waals surface area contributed by atoms with E-state index < -0.39 is 0 Å². The molecule has 1 aliphatic heterocycles. The summed E-state index contributed by atoms with van der Waals surface area (Å²) < 4.78 is 6.03. The number of thiophene rings is 1. The molecule has 0 spiro atoms. The van der Waals surface area contributed by atoms with E-state index in [-0.39, 0.29) is 24.0 Å². The largest absolute Gasteiger partial charge is 0.378 e. The normalized spacial score (nSPS) is 25.1. The minimum absolute atomic E-state index is 0.0178. The molecular weight excluding hydrogens is 272 g/mol. The molecule has 0 aromatic carbocycles. The number of methoxy groups -OCH3 is 1. The van der Waals surface area contributed by atoms with Crippen molar-refractivity contribution in [2.45, 2.75) is 25.0 Å². The maximum Gasteiger partial charge on any atom is 0.228 e. The Labute approximate surface area is 116 Å². The number of halogens is 1. The predicted molar refractivity (Wildman–Crippen MR) is 73.3 cm³/mol. The lowest BCUT2D eigenvalue weighted by molar-refractivity contribution is -0.123. The number of hydrogen-bond donors (Lipinski definition) is 2. The number of amides is 1. The Kier molecular flexibility index (Phi) is 4.61. The van der Waals surface area contributed by atoms with Gasteiger partial charge in [0.15, 0.2) is 0 Å². The predicted octanol–water partition coefficient (Wildman–Crippen LogP) is 1.61. The van der Waals surface area contributed by atoms with Crippen molar-refractivity contribution in [3.8, 4) is 0 Å². The van der Waals surface area contributed by atoms with Gasteiger partial charge in [0.2, 0.25) is 5.91 Å². The highest BCUT2D eigenvalue weighted by Gasteiger charge is 2.29. The molecule has 0 saturated carbocycles. The molecule has 3 atom stereocenters. The highest BCUT2D eigenvalue weighted by molar-refractivity contribution is 7.16. The third kappa shape index (κ3) is 3.03. The van der Waals surface area contributed by atoms with Crippen LogP contribution in [-0.2, 0) is 9.53 Å². The highest BCUT2D eigenvalue weighted by atomic mass is 35.5. The van der Waals surface area contributed by atoms with Gasteiger partial charge in [0.05, 0.1) is 22.4 Å². The quantitative estimate of drug-likeness (QED) is 0.885. The van der Waals surface area contributed by atoms with Crippen LogP contribution >= 0.6 is 22.9 Å². The smallest absolute Gasteiger partial charge is 0.228 e. The average Bonchev–Trinajstić information content (AvgIpc) is 2.96. The second-order valence-corrected chi connectivity index (χ2v) is 6.16. The third-order valence-electron chi connectivity index (χ3n) is 3.20. The van der Waals surface area contributed by atoms with E-state index in [1.807, 2.05) is 19.1 Å². The van der Waals surface area contributed by atoms with Crippen LogP contribution in [0.5, 0.6) is 0 Å². The number of hydrogen-bond acceptors (Lipinski definition) is 4. The molecule has 2 N–H and O–H groups in total. The SMILES string of the molecule is COC1CNCC1NC(=O)C(C)c1ccc(Cl)s1. The van der Waals surface area contributed by atoms with Gasteiger partial charge in [-0.05, 0) is 19.1 Å². The van der Waals surface area contributed by atoms with Crippen LogP contribution in [0.15, 0.2) is 12.1 Å². The minimum atomic E-state index is -0.180. The van der Waals surface area contributed by atoms with E-state index in [0.717, 1.165) is 18.0 Å². The second kappa shape index (κ2) is 6.02. The number of nitrogens with one attached hydrogen (secondary N) is 2. The molecule has 100 valence electrons. The molecule has 0 bridgehead atoms. The fraction of sp³-hybridized carbons (Fsp3) is 0.583. The van der Waals surface area contributed by atoms with E-state index in [0.29, 0.717) is 4.34 Å². The zero-order chi connectivity index (χ0) is 13.1. The molecular formula is C12H17ClN2O2S. The fourth-order valence-electron chi connectivity index (χ4n) is 2.04. The van der Waals surface area contributed by atoms with E-state index in [1.54, 1.807) is 7.11 Å². The Morgan fingerprint density at radius 1 is 1.61 bits per heavy atom. The lowest BCUT2D eigenvalue weighted by atomic mass is 10.1. The van der Waals surface area contributed by atoms with Gasteiger partial charge in [-0.3, -0.25) is 4.79 Å². The summed E-state index contributed by atoms with van der Waals surface area (Å²) in [5, 5.41) is 6.23. The molecule has 6 heteroatoms. The molecule has 0 aliphatic carbocycles. The minimum Gasteiger partial charge on any atom is -0.378 e. The highest BCUT2D eigenvalue weighted by Crippen LogP contribution is 2.28. The van der Waals surface area contributed by atoms with Gasteiger partial charge in [-0.15, -0.1) is 11.3 Å². The maximum atomic E-state index is 12.1. The van der Waals surface area contributed by atoms with E-state index in [2.05, 4.69) is 10.6 Å². The average molecular weight is 289 g/mol. The van der Waals surface area contributed by atoms with Gasteiger partial charge in [0.1, 0.15) is 0 Å². The first-order valence-corrected chi connectivity index (χ1v) is 7.10. The summed E-state index contributed by atoms with van der Waals surface area (Å²) in [5.74, 6) is -0.162. The molecule has 1 fully saturated rings. The monoisotopic (exact) mass is 288 g/mol. The zero-order valence-electron chi connectivity index (χ0n) is 10.4. The molecule has 2 heterocycles. The van der Waals surface area contributed by atoms with E-state index >= 15 is 0 Å². The van der Waals surface area contributed by atoms with Crippen molar-refractivity contribution < 1.29 is 9.53 Å². The van der Waals surface area contributed by atoms with Gasteiger partial charge in [0.25, 0.3) is 0 Å². The second-order valence-electron chi connectivity index (χ2n) is 4.41. The molecule has 3 unspecified atom stereocenters. The van der Waals surface area contributed by atoms with Crippen LogP contribution in [0.4, 0.5) is 0 Å². The van der Waals surface area contributed by atoms with Crippen molar-refractivity contribution in [3.05, 3.63) is 21.3 Å². The summed E-state index contributed by atoms with van der Waals surface area (Å²) in [5.41, 5.74) is 0. The molecule has 1 amide bonds. The maximum absolute atomic E-state index is 12.1. The molecule has 1 aromatic rings. The van der Waals surface area contributed by atoms with Gasteiger partial charge in [-0.25, -0.2) is 0 Å². The van der Waals surface area contributed by atoms with E-state index in [9.17, 15) is 4.79 Å². The van der Waals surface area contributed by atoms with Gasteiger partial charge in [-0.2, -0.15) is 0 Å². The lowest BCUT2D eigenvalue weighted by Gasteiger charge is -2.20. The molecule has 1 saturated heterocycles. The fourth-order valence-corrected chi connectivity index (χ4v) is 3.16. The standard InChI is InChI=1S/C12H17ClN2O2S/c1-7(10-3-4-11(13)18-10)12(16)15-8-5-14-6-9(8)17-2/h3-4,7-9,14H,5-6H2,1-2H3,(H,15,16). The Morgan fingerprint density at radius 3 is 3.00 bits per heavy atom. The molecule has 1 aromatic heterocycles. The van der Waals surface area contributed by atoms with Crippen molar-refractivity contribution in [3.63, 3.8) is 0 Å². The number of carbonyl (C=O) groups is 1. The molecule has 18 heavy (non-hydrogen) atoms. The van der Waals surface area contributed by atoms with E-state index in [4.69, 9.17) is 16.3 Å². The molecule has 2 rings (SSSR count). The van der Waals surface area contributed by atoms with Gasteiger partial charge >= 0.3 is 0 Å². The van der Waals surface area contributed by atoms with Gasteiger partial charge in [0, 0.05) is 25.1 Å². The topological polar surface area (TPSA) is 50.4 Å². The van der Waals surface area contributed by atoms with Crippen LogP contribution in [-0.4, -0.2) is 38.3 Å². The molecule has 0 radical (unpaired) electrons. The summed E-state index contributed by atoms with van der Waals surface area (Å²) in [7, 11) is 1.67. The molecule has 1 aliphatic rings. The third-order valence-corrected chi connectivity index (χ3v) is 4.62. The van der Waals surface area contributed by atoms with Crippen molar-refractivity contribution in [1.29, 1.82) is 0 Å². The lowest BCUT2D eigenvalue weighted by Crippen LogP contribution is -2.44. The van der Waals surface area contributed by atoms with Crippen molar-refractivity contribution in [1.82, 2.24) is 10.6 Å². The van der Waals surface area contributed by atoms with Crippen molar-refractivity contribution in [2.75, 3.05) is 20.2 Å². The summed E-state index contributed by atoms with van der Waals surface area (Å²) in [6.07, 6.45) is 0.0491. The van der Waals surface area contributed by atoms with Gasteiger partial charge in [-0.1, -0.05) is 11.6 Å². The number of ether oxygens (including phenoxy) is 1. The number of carbonyl (C=O) groups excluding carboxylic acids is 1. The van der Waals surface area contributed by atoms with Crippen molar-refractivity contribution in [2.24, 2.45) is 0 Å². The first-order valence-electron chi connectivity index (χ1n) is 5.91. The Morgan fingerprint density at radius 2 is 2.39 bits per heavy atom. The number of rotatable bonds is 4. The van der Waals surface area contributed by atoms with E-state index in [1.165, 1.54) is 11.3 Å². The van der Waals surface area contributed by atoms with Crippen LogP contribution in [0.2, 0.25) is 4.34 Å². The Balaban J connectivity index is 1.95. The van der Waals surface area contributed by atoms with Crippen LogP contribution < -0.4 is 10.6 Å². The van der Waals surface area contributed by atoms with Crippen LogP contribution in [0.25, 0.3) is 0 Å². The summed E-state index contributed by atoms with van der Waals surface area (Å²) in [6.45, 7) is 3.42. The summed E-state index contributed by atoms with van der Waals surface area (Å²) in [4.78, 5) is 13.1. The van der Waals surface area contributed by atoms with Crippen LogP contribution in [0.1, 0.15) is 17.7 Å². The summed E-state index contributed by atoms with van der Waals surface area (Å²) >= 11 is 7.33. The first-order chi connectivity index (χ1) is 8.61.